The lowest BCUT2D eigenvalue weighted by molar-refractivity contribution is -0.116. The van der Waals surface area contributed by atoms with Crippen LogP contribution in [0.4, 0.5) is 5.69 Å². The normalized spacial score (nSPS) is 10.5. The number of hydrogen-bond acceptors (Lipinski definition) is 3. The summed E-state index contributed by atoms with van der Waals surface area (Å²) in [6.07, 6.45) is 4.07. The number of aromatic nitrogens is 2. The highest BCUT2D eigenvalue weighted by Gasteiger charge is 2.05. The Morgan fingerprint density at radius 3 is 2.95 bits per heavy atom. The van der Waals surface area contributed by atoms with E-state index in [0.29, 0.717) is 6.42 Å². The number of nitrogens with one attached hydrogen (secondary N) is 2. The smallest absolute Gasteiger partial charge is 0.224 e. The van der Waals surface area contributed by atoms with Crippen molar-refractivity contribution in [2.75, 3.05) is 5.32 Å². The summed E-state index contributed by atoms with van der Waals surface area (Å²) in [4.78, 5) is 13.3. The highest BCUT2D eigenvalue weighted by Crippen LogP contribution is 2.20. The lowest BCUT2D eigenvalue weighted by atomic mass is 10.1. The Labute approximate surface area is 133 Å². The Bertz CT molecular complexity index is 720. The standard InChI is InChI=1S/C17H17N3OS/c21-17(8-2-6-15-7-3-11-22-15)19-14-5-1-4-13(12-14)16-9-10-18-20-16/h1,3-5,7,9-12H,2,6,8H2,(H,18,20)(H,19,21). The quantitative estimate of drug-likeness (QED) is 0.720. The van der Waals surface area contributed by atoms with Crippen molar-refractivity contribution in [2.24, 2.45) is 0 Å². The predicted molar refractivity (Wildman–Crippen MR) is 89.9 cm³/mol. The Kier molecular flexibility index (Phi) is 4.65. The van der Waals surface area contributed by atoms with Crippen molar-refractivity contribution in [1.82, 2.24) is 10.2 Å². The molecule has 1 aromatic carbocycles. The largest absolute Gasteiger partial charge is 0.326 e. The fourth-order valence-electron chi connectivity index (χ4n) is 2.28. The summed E-state index contributed by atoms with van der Waals surface area (Å²) in [5.74, 6) is 0.0540. The van der Waals surface area contributed by atoms with Gasteiger partial charge in [0.15, 0.2) is 0 Å². The molecule has 2 aromatic heterocycles. The third-order valence-electron chi connectivity index (χ3n) is 3.37. The van der Waals surface area contributed by atoms with Gasteiger partial charge in [0.2, 0.25) is 5.91 Å². The summed E-state index contributed by atoms with van der Waals surface area (Å²) < 4.78 is 0. The van der Waals surface area contributed by atoms with Crippen molar-refractivity contribution in [3.63, 3.8) is 0 Å². The fourth-order valence-corrected chi connectivity index (χ4v) is 3.03. The molecule has 112 valence electrons. The van der Waals surface area contributed by atoms with Crippen LogP contribution in [-0.2, 0) is 11.2 Å². The zero-order valence-electron chi connectivity index (χ0n) is 12.1. The molecular weight excluding hydrogens is 294 g/mol. The highest BCUT2D eigenvalue weighted by molar-refractivity contribution is 7.09. The maximum atomic E-state index is 12.0. The van der Waals surface area contributed by atoms with Gasteiger partial charge in [0.1, 0.15) is 0 Å². The van der Waals surface area contributed by atoms with Crippen molar-refractivity contribution in [3.05, 3.63) is 58.9 Å². The van der Waals surface area contributed by atoms with E-state index in [2.05, 4.69) is 27.0 Å². The van der Waals surface area contributed by atoms with Crippen molar-refractivity contribution in [1.29, 1.82) is 0 Å². The van der Waals surface area contributed by atoms with Crippen LogP contribution in [-0.4, -0.2) is 16.1 Å². The Morgan fingerprint density at radius 2 is 2.18 bits per heavy atom. The summed E-state index contributed by atoms with van der Waals surface area (Å²) in [6.45, 7) is 0. The van der Waals surface area contributed by atoms with Gasteiger partial charge in [0, 0.05) is 28.7 Å². The Morgan fingerprint density at radius 1 is 1.23 bits per heavy atom. The van der Waals surface area contributed by atoms with E-state index in [9.17, 15) is 4.79 Å². The molecule has 3 aromatic rings. The van der Waals surface area contributed by atoms with Gasteiger partial charge in [-0.2, -0.15) is 5.10 Å². The van der Waals surface area contributed by atoms with Gasteiger partial charge in [0.25, 0.3) is 0 Å². The van der Waals surface area contributed by atoms with Gasteiger partial charge in [-0.3, -0.25) is 9.89 Å². The molecule has 0 aliphatic heterocycles. The number of carbonyl (C=O) groups is 1. The van der Waals surface area contributed by atoms with Crippen LogP contribution in [0.15, 0.2) is 54.0 Å². The van der Waals surface area contributed by atoms with E-state index < -0.39 is 0 Å². The van der Waals surface area contributed by atoms with E-state index in [0.717, 1.165) is 29.8 Å². The maximum Gasteiger partial charge on any atom is 0.224 e. The van der Waals surface area contributed by atoms with Gasteiger partial charge in [0.05, 0.1) is 5.69 Å². The lowest BCUT2D eigenvalue weighted by Crippen LogP contribution is -2.11. The molecule has 0 aliphatic carbocycles. The zero-order valence-corrected chi connectivity index (χ0v) is 12.9. The second kappa shape index (κ2) is 7.04. The fraction of sp³-hybridized carbons (Fsp3) is 0.176. The molecule has 0 unspecified atom stereocenters. The second-order valence-electron chi connectivity index (χ2n) is 5.03. The van der Waals surface area contributed by atoms with E-state index in [-0.39, 0.29) is 5.91 Å². The van der Waals surface area contributed by atoms with Crippen molar-refractivity contribution in [2.45, 2.75) is 19.3 Å². The number of nitrogens with zero attached hydrogens (tertiary/aromatic N) is 1. The van der Waals surface area contributed by atoms with E-state index in [1.54, 1.807) is 17.5 Å². The first-order valence-electron chi connectivity index (χ1n) is 7.23. The average molecular weight is 311 g/mol. The molecule has 5 heteroatoms. The zero-order chi connectivity index (χ0) is 15.2. The molecule has 0 saturated heterocycles. The van der Waals surface area contributed by atoms with Gasteiger partial charge in [-0.15, -0.1) is 11.3 Å². The first-order chi connectivity index (χ1) is 10.8. The van der Waals surface area contributed by atoms with Crippen LogP contribution in [0.3, 0.4) is 0 Å². The average Bonchev–Trinajstić information content (AvgIpc) is 3.21. The van der Waals surface area contributed by atoms with Gasteiger partial charge >= 0.3 is 0 Å². The Balaban J connectivity index is 1.54. The monoisotopic (exact) mass is 311 g/mol. The molecule has 2 heterocycles. The molecule has 0 atom stereocenters. The van der Waals surface area contributed by atoms with E-state index in [1.807, 2.05) is 36.4 Å². The summed E-state index contributed by atoms with van der Waals surface area (Å²) in [7, 11) is 0. The van der Waals surface area contributed by atoms with Crippen LogP contribution >= 0.6 is 11.3 Å². The minimum atomic E-state index is 0.0540. The van der Waals surface area contributed by atoms with E-state index in [4.69, 9.17) is 0 Å². The van der Waals surface area contributed by atoms with Crippen LogP contribution in [0, 0.1) is 0 Å². The van der Waals surface area contributed by atoms with Crippen LogP contribution in [0.2, 0.25) is 0 Å². The molecule has 0 spiro atoms. The number of hydrogen-bond donors (Lipinski definition) is 2. The van der Waals surface area contributed by atoms with Gasteiger partial charge < -0.3 is 5.32 Å². The molecule has 0 bridgehead atoms. The SMILES string of the molecule is O=C(CCCc1cccs1)Nc1cccc(-c2ccn[nH]2)c1. The molecule has 1 amide bonds. The summed E-state index contributed by atoms with van der Waals surface area (Å²) in [5.41, 5.74) is 2.76. The highest BCUT2D eigenvalue weighted by atomic mass is 32.1. The first-order valence-corrected chi connectivity index (χ1v) is 8.11. The van der Waals surface area contributed by atoms with Crippen LogP contribution in [0.1, 0.15) is 17.7 Å². The lowest BCUT2D eigenvalue weighted by Gasteiger charge is -2.06. The molecule has 2 N–H and O–H groups in total. The van der Waals surface area contributed by atoms with Crippen molar-refractivity contribution in [3.8, 4) is 11.3 Å². The molecular formula is C17H17N3OS. The summed E-state index contributed by atoms with van der Waals surface area (Å²) in [5, 5.41) is 11.9. The number of aryl methyl sites for hydroxylation is 1. The number of aromatic amines is 1. The minimum Gasteiger partial charge on any atom is -0.326 e. The maximum absolute atomic E-state index is 12.0. The van der Waals surface area contributed by atoms with Gasteiger partial charge in [-0.05, 0) is 42.5 Å². The number of amides is 1. The molecule has 0 radical (unpaired) electrons. The van der Waals surface area contributed by atoms with Crippen LogP contribution in [0.5, 0.6) is 0 Å². The number of H-pyrrole nitrogens is 1. The Hall–Kier alpha value is -2.40. The second-order valence-corrected chi connectivity index (χ2v) is 6.06. The van der Waals surface area contributed by atoms with Crippen LogP contribution in [0.25, 0.3) is 11.3 Å². The van der Waals surface area contributed by atoms with Crippen molar-refractivity contribution >= 4 is 22.9 Å². The minimum absolute atomic E-state index is 0.0540. The van der Waals surface area contributed by atoms with Gasteiger partial charge in [-0.1, -0.05) is 18.2 Å². The summed E-state index contributed by atoms with van der Waals surface area (Å²) >= 11 is 1.74. The predicted octanol–water partition coefficient (Wildman–Crippen LogP) is 4.10. The van der Waals surface area contributed by atoms with E-state index in [1.165, 1.54) is 4.88 Å². The molecule has 4 nitrogen and oxygen atoms in total. The van der Waals surface area contributed by atoms with E-state index >= 15 is 0 Å². The van der Waals surface area contributed by atoms with Crippen LogP contribution < -0.4 is 5.32 Å². The molecule has 0 aliphatic rings. The van der Waals surface area contributed by atoms with Gasteiger partial charge in [-0.25, -0.2) is 0 Å². The number of benzene rings is 1. The summed E-state index contributed by atoms with van der Waals surface area (Å²) in [6, 6.07) is 13.8. The first kappa shape index (κ1) is 14.5. The molecule has 0 fully saturated rings. The molecule has 3 rings (SSSR count). The topological polar surface area (TPSA) is 57.8 Å². The number of anilines is 1. The number of carbonyl (C=O) groups excluding carboxylic acids is 1. The third-order valence-corrected chi connectivity index (χ3v) is 4.30. The third kappa shape index (κ3) is 3.83. The molecule has 22 heavy (non-hydrogen) atoms. The number of rotatable bonds is 6. The van der Waals surface area contributed by atoms with Crippen molar-refractivity contribution < 1.29 is 4.79 Å². The molecule has 0 saturated carbocycles. The number of thiophene rings is 1.